The van der Waals surface area contributed by atoms with Gasteiger partial charge in [0.15, 0.2) is 0 Å². The van der Waals surface area contributed by atoms with Gasteiger partial charge in [0.25, 0.3) is 5.91 Å². The minimum atomic E-state index is -0.329. The van der Waals surface area contributed by atoms with Gasteiger partial charge in [-0.05, 0) is 38.6 Å². The molecule has 3 aliphatic heterocycles. The van der Waals surface area contributed by atoms with Crippen LogP contribution in [-0.4, -0.2) is 63.0 Å². The van der Waals surface area contributed by atoms with Crippen molar-refractivity contribution in [2.75, 3.05) is 26.2 Å². The number of hydrogen-bond acceptors (Lipinski definition) is 5. The number of nitrogens with one attached hydrogen (secondary N) is 1. The number of likely N-dealkylation sites (tertiary alicyclic amines) is 1. The van der Waals surface area contributed by atoms with Crippen molar-refractivity contribution in [1.82, 2.24) is 25.0 Å². The average Bonchev–Trinajstić information content (AvgIpc) is 2.85. The van der Waals surface area contributed by atoms with Gasteiger partial charge < -0.3 is 19.9 Å². The number of rotatable bonds is 1. The molecule has 2 N–H and O–H groups in total. The van der Waals surface area contributed by atoms with Crippen LogP contribution in [0.5, 0.6) is 0 Å². The lowest BCUT2D eigenvalue weighted by Gasteiger charge is -2.48. The highest BCUT2D eigenvalue weighted by Crippen LogP contribution is 2.36. The molecular weight excluding hydrogens is 306 g/mol. The van der Waals surface area contributed by atoms with Crippen molar-refractivity contribution >= 4 is 5.91 Å². The number of aryl methyl sites for hydroxylation is 1. The fraction of sp³-hybridized carbons (Fsp3) is 0.824. The van der Waals surface area contributed by atoms with Gasteiger partial charge in [-0.1, -0.05) is 6.42 Å². The van der Waals surface area contributed by atoms with Crippen molar-refractivity contribution in [2.45, 2.75) is 57.6 Å². The zero-order valence-electron chi connectivity index (χ0n) is 14.2. The molecule has 7 heteroatoms. The number of carbonyl (C=O) groups excluding carboxylic acids is 1. The maximum Gasteiger partial charge on any atom is 0.291 e. The van der Waals surface area contributed by atoms with E-state index in [1.807, 2.05) is 9.47 Å². The Labute approximate surface area is 142 Å². The Balaban J connectivity index is 1.55. The Hall–Kier alpha value is -1.47. The van der Waals surface area contributed by atoms with Crippen molar-refractivity contribution in [2.24, 2.45) is 5.41 Å². The average molecular weight is 333 g/mol. The fourth-order valence-electron chi connectivity index (χ4n) is 4.53. The summed E-state index contributed by atoms with van der Waals surface area (Å²) < 4.78 is 2.02. The van der Waals surface area contributed by atoms with Gasteiger partial charge in [0.1, 0.15) is 5.82 Å². The van der Waals surface area contributed by atoms with E-state index >= 15 is 0 Å². The molecule has 1 amide bonds. The molecular formula is C17H27N5O2. The summed E-state index contributed by atoms with van der Waals surface area (Å²) in [7, 11) is 0. The molecule has 1 spiro atoms. The molecule has 2 atom stereocenters. The van der Waals surface area contributed by atoms with E-state index in [2.05, 4.69) is 15.5 Å². The molecule has 1 aromatic rings. The van der Waals surface area contributed by atoms with Gasteiger partial charge >= 0.3 is 0 Å². The van der Waals surface area contributed by atoms with Crippen LogP contribution >= 0.6 is 0 Å². The molecule has 3 aliphatic rings. The van der Waals surface area contributed by atoms with E-state index in [0.29, 0.717) is 12.4 Å². The van der Waals surface area contributed by atoms with E-state index < -0.39 is 0 Å². The van der Waals surface area contributed by atoms with Gasteiger partial charge in [0, 0.05) is 38.0 Å². The monoisotopic (exact) mass is 333 g/mol. The molecule has 0 aromatic carbocycles. The first-order valence-corrected chi connectivity index (χ1v) is 9.30. The SMILES string of the molecule is O=C(c1nnc2n1CCCCC2)N1CCC[C@]2(CNCC[C@@H]2O)C1. The second-order valence-corrected chi connectivity index (χ2v) is 7.58. The first-order valence-electron chi connectivity index (χ1n) is 9.30. The number of aliphatic hydroxyl groups is 1. The van der Waals surface area contributed by atoms with Crippen LogP contribution in [0.4, 0.5) is 0 Å². The largest absolute Gasteiger partial charge is 0.392 e. The van der Waals surface area contributed by atoms with E-state index in [4.69, 9.17) is 0 Å². The molecule has 0 bridgehead atoms. The van der Waals surface area contributed by atoms with Crippen LogP contribution in [0.1, 0.15) is 55.0 Å². The van der Waals surface area contributed by atoms with Crippen molar-refractivity contribution in [1.29, 1.82) is 0 Å². The minimum absolute atomic E-state index is 0.0208. The Morgan fingerprint density at radius 1 is 1.21 bits per heavy atom. The maximum atomic E-state index is 13.1. The summed E-state index contributed by atoms with van der Waals surface area (Å²) in [6, 6.07) is 0. The standard InChI is InChI=1S/C17H27N5O2/c23-13-6-8-18-11-17(13)7-4-9-21(12-17)16(24)15-20-19-14-5-2-1-3-10-22(14)15/h13,18,23H,1-12H2/t13-,17-/m0/s1. The molecule has 4 heterocycles. The number of amides is 1. The third kappa shape index (κ3) is 2.73. The molecule has 0 radical (unpaired) electrons. The second kappa shape index (κ2) is 6.44. The lowest BCUT2D eigenvalue weighted by molar-refractivity contribution is -0.0436. The van der Waals surface area contributed by atoms with Crippen LogP contribution in [0.15, 0.2) is 0 Å². The zero-order valence-corrected chi connectivity index (χ0v) is 14.2. The van der Waals surface area contributed by atoms with E-state index in [1.165, 1.54) is 6.42 Å². The summed E-state index contributed by atoms with van der Waals surface area (Å²) >= 11 is 0. The van der Waals surface area contributed by atoms with Gasteiger partial charge in [0.05, 0.1) is 6.10 Å². The van der Waals surface area contributed by atoms with Gasteiger partial charge in [-0.25, -0.2) is 0 Å². The molecule has 24 heavy (non-hydrogen) atoms. The van der Waals surface area contributed by atoms with E-state index in [1.54, 1.807) is 0 Å². The molecule has 2 saturated heterocycles. The summed E-state index contributed by atoms with van der Waals surface area (Å²) in [6.07, 6.45) is 6.64. The van der Waals surface area contributed by atoms with Crippen molar-refractivity contribution in [3.63, 3.8) is 0 Å². The first-order chi connectivity index (χ1) is 11.7. The first kappa shape index (κ1) is 16.0. The quantitative estimate of drug-likeness (QED) is 0.785. The number of fused-ring (bicyclic) bond motifs is 1. The predicted octanol–water partition coefficient (Wildman–Crippen LogP) is 0.581. The number of nitrogens with zero attached hydrogens (tertiary/aromatic N) is 4. The lowest BCUT2D eigenvalue weighted by Crippen LogP contribution is -2.59. The van der Waals surface area contributed by atoms with E-state index in [9.17, 15) is 9.90 Å². The van der Waals surface area contributed by atoms with Gasteiger partial charge in [0.2, 0.25) is 5.82 Å². The predicted molar refractivity (Wildman–Crippen MR) is 88.6 cm³/mol. The maximum absolute atomic E-state index is 13.1. The third-order valence-corrected chi connectivity index (χ3v) is 5.97. The van der Waals surface area contributed by atoms with Gasteiger partial charge in [-0.3, -0.25) is 4.79 Å². The van der Waals surface area contributed by atoms with Crippen LogP contribution in [0, 0.1) is 5.41 Å². The highest BCUT2D eigenvalue weighted by atomic mass is 16.3. The molecule has 132 valence electrons. The number of aromatic nitrogens is 3. The molecule has 0 aliphatic carbocycles. The highest BCUT2D eigenvalue weighted by molar-refractivity contribution is 5.91. The van der Waals surface area contributed by atoms with Crippen molar-refractivity contribution in [3.8, 4) is 0 Å². The smallest absolute Gasteiger partial charge is 0.291 e. The lowest BCUT2D eigenvalue weighted by atomic mass is 9.72. The molecule has 0 unspecified atom stereocenters. The van der Waals surface area contributed by atoms with Crippen LogP contribution in [0.25, 0.3) is 0 Å². The molecule has 7 nitrogen and oxygen atoms in total. The van der Waals surface area contributed by atoms with Gasteiger partial charge in [-0.2, -0.15) is 0 Å². The van der Waals surface area contributed by atoms with Gasteiger partial charge in [-0.15, -0.1) is 10.2 Å². The van der Waals surface area contributed by atoms with Crippen LogP contribution in [-0.2, 0) is 13.0 Å². The minimum Gasteiger partial charge on any atom is -0.392 e. The Kier molecular flexibility index (Phi) is 4.30. The van der Waals surface area contributed by atoms with E-state index in [-0.39, 0.29) is 17.4 Å². The topological polar surface area (TPSA) is 83.3 Å². The van der Waals surface area contributed by atoms with Crippen LogP contribution in [0.3, 0.4) is 0 Å². The molecule has 4 rings (SSSR count). The fourth-order valence-corrected chi connectivity index (χ4v) is 4.53. The highest BCUT2D eigenvalue weighted by Gasteiger charge is 2.44. The zero-order chi connectivity index (χ0) is 16.6. The molecule has 1 aromatic heterocycles. The van der Waals surface area contributed by atoms with E-state index in [0.717, 1.165) is 70.5 Å². The molecule has 2 fully saturated rings. The summed E-state index contributed by atoms with van der Waals surface area (Å²) in [5.74, 6) is 1.41. The number of carbonyl (C=O) groups is 1. The summed E-state index contributed by atoms with van der Waals surface area (Å²) in [5.41, 5.74) is -0.201. The third-order valence-electron chi connectivity index (χ3n) is 5.97. The van der Waals surface area contributed by atoms with Crippen molar-refractivity contribution < 1.29 is 9.90 Å². The van der Waals surface area contributed by atoms with Crippen LogP contribution in [0.2, 0.25) is 0 Å². The number of hydrogen-bond donors (Lipinski definition) is 2. The number of piperidine rings is 2. The summed E-state index contributed by atoms with van der Waals surface area (Å²) in [6.45, 7) is 3.84. The normalized spacial score (nSPS) is 30.9. The van der Waals surface area contributed by atoms with Crippen molar-refractivity contribution in [3.05, 3.63) is 11.6 Å². The summed E-state index contributed by atoms with van der Waals surface area (Å²) in [4.78, 5) is 15.0. The summed E-state index contributed by atoms with van der Waals surface area (Å²) in [5, 5.41) is 22.4. The Morgan fingerprint density at radius 3 is 3.00 bits per heavy atom. The Bertz CT molecular complexity index is 612. The number of aliphatic hydroxyl groups excluding tert-OH is 1. The second-order valence-electron chi connectivity index (χ2n) is 7.58. The molecule has 0 saturated carbocycles. The Morgan fingerprint density at radius 2 is 2.12 bits per heavy atom. The van der Waals surface area contributed by atoms with Crippen LogP contribution < -0.4 is 5.32 Å².